The van der Waals surface area contributed by atoms with Crippen molar-refractivity contribution in [1.29, 1.82) is 0 Å². The summed E-state index contributed by atoms with van der Waals surface area (Å²) in [5, 5.41) is 0.528. The molecule has 0 aromatic carbocycles. The predicted molar refractivity (Wildman–Crippen MR) is 412 cm³/mol. The molecule has 35 nitrogen and oxygen atoms in total. The monoisotopic (exact) mass is 1670 g/mol. The molecular weight excluding hydrogens is 1540 g/mol. The lowest BCUT2D eigenvalue weighted by Crippen LogP contribution is -2.38. The molecule has 1 saturated heterocycles. The predicted octanol–water partition coefficient (Wildman–Crippen LogP) is 3.67. The van der Waals surface area contributed by atoms with E-state index in [1.807, 2.05) is 25.2 Å². The molecule has 0 saturated carbocycles. The number of ether oxygens (including phenoxy) is 25. The van der Waals surface area contributed by atoms with Crippen molar-refractivity contribution in [1.82, 2.24) is 9.96 Å². The lowest BCUT2D eigenvalue weighted by Gasteiger charge is -2.44. The normalized spacial score (nSPS) is 15.9. The average molecular weight is 1670 g/mol. The number of hydrogen-bond donors (Lipinski definition) is 0. The van der Waals surface area contributed by atoms with Crippen molar-refractivity contribution in [3.8, 4) is 0 Å². The molecule has 0 spiro atoms. The molecule has 3 amide bonds. The Labute approximate surface area is 678 Å². The number of carbonyl (C=O) groups excluding carboxylic acids is 4. The van der Waals surface area contributed by atoms with Crippen LogP contribution in [0.1, 0.15) is 52.4 Å². The minimum atomic E-state index is -4.75. The van der Waals surface area contributed by atoms with Gasteiger partial charge in [-0.2, -0.15) is 0 Å². The van der Waals surface area contributed by atoms with Gasteiger partial charge in [-0.15, -0.1) is 5.06 Å². The highest BCUT2D eigenvalue weighted by atomic mass is 32.2. The van der Waals surface area contributed by atoms with Crippen molar-refractivity contribution in [3.63, 3.8) is 0 Å². The number of imide groups is 1. The number of rotatable bonds is 83. The maximum absolute atomic E-state index is 13.9. The van der Waals surface area contributed by atoms with Gasteiger partial charge < -0.3 is 133 Å². The fourth-order valence-electron chi connectivity index (χ4n) is 11.5. The highest BCUT2D eigenvalue weighted by molar-refractivity contribution is 7.90. The summed E-state index contributed by atoms with van der Waals surface area (Å²) in [6, 6.07) is 0. The molecular formula is C79H129N2O33S-. The molecule has 5 aliphatic rings. The highest BCUT2D eigenvalue weighted by Crippen LogP contribution is 2.54. The second kappa shape index (κ2) is 67.7. The third kappa shape index (κ3) is 47.6. The molecule has 0 radical (unpaired) electrons. The van der Waals surface area contributed by atoms with Crippen LogP contribution in [0.4, 0.5) is 0 Å². The highest BCUT2D eigenvalue weighted by Gasteiger charge is 2.44. The maximum atomic E-state index is 13.9. The summed E-state index contributed by atoms with van der Waals surface area (Å²) < 4.78 is 176. The maximum Gasteiger partial charge on any atom is 0.333 e. The zero-order valence-corrected chi connectivity index (χ0v) is 68.8. The van der Waals surface area contributed by atoms with Crippen LogP contribution in [0.25, 0.3) is 0 Å². The summed E-state index contributed by atoms with van der Waals surface area (Å²) in [5.74, 6) is -2.33. The van der Waals surface area contributed by atoms with Crippen molar-refractivity contribution in [2.75, 3.05) is 337 Å². The van der Waals surface area contributed by atoms with E-state index in [1.54, 1.807) is 31.1 Å². The van der Waals surface area contributed by atoms with Crippen LogP contribution in [0.15, 0.2) is 80.6 Å². The van der Waals surface area contributed by atoms with E-state index < -0.39 is 33.8 Å². The Kier molecular flexibility index (Phi) is 59.2. The largest absolute Gasteiger partial charge is 0.744 e. The van der Waals surface area contributed by atoms with Gasteiger partial charge >= 0.3 is 5.97 Å². The van der Waals surface area contributed by atoms with Gasteiger partial charge in [0.05, 0.1) is 315 Å². The van der Waals surface area contributed by atoms with Gasteiger partial charge in [-0.05, 0) is 66.7 Å². The Morgan fingerprint density at radius 2 is 0.661 bits per heavy atom. The SMILES string of the molecule is COCCOCCOCCOCCOCCOCCOCCOCCOCCOCCOCCOCCOCCOCCOCCOCCOCCOCCOCCOCCOCCOCCOCCOCCN(CCCCCC(=O)ON1C(=O)CCC1=O)C(=O)COC1=CC(C)=C2C=CC3=C(C)C=C(S(=O)(=O)[O-])C4=CC=C1C2C43. The van der Waals surface area contributed by atoms with Crippen LogP contribution in [-0.4, -0.2) is 384 Å². The zero-order chi connectivity index (χ0) is 82.0. The number of methoxy groups -OCH3 is 1. The quantitative estimate of drug-likeness (QED) is 0.0476. The van der Waals surface area contributed by atoms with E-state index in [-0.39, 0.29) is 62.4 Å². The third-order valence-corrected chi connectivity index (χ3v) is 18.2. The first-order valence-corrected chi connectivity index (χ1v) is 41.5. The van der Waals surface area contributed by atoms with Gasteiger partial charge in [-0.1, -0.05) is 30.7 Å². The Morgan fingerprint density at radius 1 is 0.383 bits per heavy atom. The van der Waals surface area contributed by atoms with Gasteiger partial charge in [0.25, 0.3) is 17.7 Å². The van der Waals surface area contributed by atoms with Gasteiger partial charge in [0.2, 0.25) is 0 Å². The van der Waals surface area contributed by atoms with E-state index >= 15 is 0 Å². The van der Waals surface area contributed by atoms with Gasteiger partial charge in [0, 0.05) is 56.9 Å². The Balaban J connectivity index is 0.693. The molecule has 36 heteroatoms. The summed E-state index contributed by atoms with van der Waals surface area (Å²) in [5.41, 5.74) is 4.70. The number of nitrogens with zero attached hydrogens (tertiary/aromatic N) is 2. The Bertz CT molecular complexity index is 2930. The molecule has 1 fully saturated rings. The number of unbranched alkanes of at least 4 members (excludes halogenated alkanes) is 2. The molecule has 1 heterocycles. The first-order valence-electron chi connectivity index (χ1n) is 40.1. The third-order valence-electron chi connectivity index (χ3n) is 17.3. The van der Waals surface area contributed by atoms with Gasteiger partial charge in [0.15, 0.2) is 6.61 Å². The summed E-state index contributed by atoms with van der Waals surface area (Å²) in [4.78, 5) is 56.4. The minimum absolute atomic E-state index is 0.00406. The zero-order valence-electron chi connectivity index (χ0n) is 68.0. The number of amides is 3. The van der Waals surface area contributed by atoms with Gasteiger partial charge in [-0.25, -0.2) is 13.2 Å². The fraction of sp³-hybridized carbons (Fsp3) is 0.772. The molecule has 660 valence electrons. The molecule has 2 atom stereocenters. The molecule has 0 bridgehead atoms. The van der Waals surface area contributed by atoms with Gasteiger partial charge in [-0.3, -0.25) is 14.4 Å². The second-order valence-electron chi connectivity index (χ2n) is 25.9. The van der Waals surface area contributed by atoms with Crippen LogP contribution in [0, 0.1) is 11.8 Å². The van der Waals surface area contributed by atoms with Crippen LogP contribution in [0.5, 0.6) is 0 Å². The lowest BCUT2D eigenvalue weighted by atomic mass is 9.62. The first-order chi connectivity index (χ1) is 56.4. The number of carbonyl (C=O) groups is 4. The van der Waals surface area contributed by atoms with E-state index in [0.29, 0.717) is 345 Å². The van der Waals surface area contributed by atoms with E-state index in [4.69, 9.17) is 123 Å². The van der Waals surface area contributed by atoms with Crippen molar-refractivity contribution in [3.05, 3.63) is 80.6 Å². The summed E-state index contributed by atoms with van der Waals surface area (Å²) >= 11 is 0. The summed E-state index contributed by atoms with van der Waals surface area (Å²) in [7, 11) is -3.11. The van der Waals surface area contributed by atoms with Crippen molar-refractivity contribution < 1.29 is 155 Å². The molecule has 5 rings (SSSR count). The average Bonchev–Trinajstić information content (AvgIpc) is 1.00. The molecule has 2 unspecified atom stereocenters. The molecule has 0 N–H and O–H groups in total. The number of hydrogen-bond acceptors (Lipinski definition) is 33. The fourth-order valence-corrected chi connectivity index (χ4v) is 12.3. The standard InChI is InChI=1S/C79H130N2O33S/c1-66-63-72(70-10-11-71-73(115(86,87)88)64-67(2)69-9-8-68(66)78(70)79(69)71)113-65-76(84)80(14-6-4-5-7-77(85)114-81-74(82)12-13-75(81)83)15-16-90-19-20-92-23-24-94-27-28-96-31-32-98-35-36-100-39-40-102-43-44-104-47-48-106-51-52-108-55-56-110-59-60-112-62-61-111-58-57-109-54-53-107-50-49-105-46-45-103-42-41-101-38-37-99-34-33-97-30-29-95-26-25-93-22-21-91-18-17-89-3/h8-11,63-64,78-79H,4-7,12-62,65H2,1-3H3,(H,86,87,88)/p-1. The topological polar surface area (TPSA) is 372 Å². The number of allylic oxidation sites excluding steroid dienone is 12. The first kappa shape index (κ1) is 101. The smallest absolute Gasteiger partial charge is 0.333 e. The Hall–Kier alpha value is -4.99. The van der Waals surface area contributed by atoms with E-state index in [9.17, 15) is 32.1 Å². The summed E-state index contributed by atoms with van der Waals surface area (Å²) in [6.07, 6.45) is 12.2. The molecule has 1 aliphatic heterocycles. The minimum Gasteiger partial charge on any atom is -0.744 e. The van der Waals surface area contributed by atoms with Crippen LogP contribution in [0.2, 0.25) is 0 Å². The second-order valence-corrected chi connectivity index (χ2v) is 27.2. The van der Waals surface area contributed by atoms with E-state index in [1.165, 1.54) is 6.08 Å². The summed E-state index contributed by atoms with van der Waals surface area (Å²) in [6.45, 7) is 25.3. The van der Waals surface area contributed by atoms with Crippen LogP contribution in [-0.2, 0) is 153 Å². The molecule has 0 aromatic heterocycles. The van der Waals surface area contributed by atoms with Crippen molar-refractivity contribution in [2.24, 2.45) is 11.8 Å². The van der Waals surface area contributed by atoms with Crippen LogP contribution < -0.4 is 0 Å². The molecule has 0 aromatic rings. The molecule has 115 heavy (non-hydrogen) atoms. The van der Waals surface area contributed by atoms with Crippen LogP contribution in [0.3, 0.4) is 0 Å². The lowest BCUT2D eigenvalue weighted by molar-refractivity contribution is -0.197. The van der Waals surface area contributed by atoms with Crippen molar-refractivity contribution in [2.45, 2.75) is 52.4 Å². The van der Waals surface area contributed by atoms with Crippen molar-refractivity contribution >= 4 is 33.8 Å². The van der Waals surface area contributed by atoms with E-state index in [2.05, 4.69) is 0 Å². The Morgan fingerprint density at radius 3 is 0.965 bits per heavy atom. The number of hydroxylamine groups is 2. The van der Waals surface area contributed by atoms with E-state index in [0.717, 1.165) is 22.3 Å². The van der Waals surface area contributed by atoms with Crippen LogP contribution >= 0.6 is 0 Å². The van der Waals surface area contributed by atoms with Gasteiger partial charge in [0.1, 0.15) is 15.9 Å². The molecule has 4 aliphatic carbocycles.